The van der Waals surface area contributed by atoms with Gasteiger partial charge in [0.05, 0.1) is 24.8 Å². The number of aromatic carboxylic acids is 1. The third kappa shape index (κ3) is 3.69. The number of amides is 1. The van der Waals surface area contributed by atoms with Gasteiger partial charge in [-0.05, 0) is 26.0 Å². The lowest BCUT2D eigenvalue weighted by Gasteiger charge is -2.16. The molecular weight excluding hydrogens is 468 g/mol. The standard InChI is InChI=1S/C19H20N8O3.BrH/c1-3-26-13-6-5-11(19(29)30)7-14(13)27(4-2)15(26)9-25(10-28)18-16(20)23-17-12(22-18)8-21-24-17;/h5-8,10H,3-4,9H2,1-2H3,(H3-,20,21,22,23,24,29,30);1H. The Morgan fingerprint density at radius 2 is 2.13 bits per heavy atom. The first-order chi connectivity index (χ1) is 14.5. The zero-order valence-corrected chi connectivity index (χ0v) is 18.5. The number of nitrogens with one attached hydrogen (secondary N) is 1. The molecule has 12 heteroatoms. The zero-order valence-electron chi connectivity index (χ0n) is 16.9. The molecule has 1 amide bonds. The fourth-order valence-electron chi connectivity index (χ4n) is 3.71. The number of aromatic amines is 1. The molecule has 0 saturated heterocycles. The summed E-state index contributed by atoms with van der Waals surface area (Å²) >= 11 is 0. The van der Waals surface area contributed by atoms with Crippen molar-refractivity contribution in [3.63, 3.8) is 0 Å². The lowest BCUT2D eigenvalue weighted by Crippen LogP contribution is -3.00. The summed E-state index contributed by atoms with van der Waals surface area (Å²) in [6, 6.07) is 5.01. The van der Waals surface area contributed by atoms with Gasteiger partial charge in [0.2, 0.25) is 6.41 Å². The lowest BCUT2D eigenvalue weighted by molar-refractivity contribution is -0.676. The van der Waals surface area contributed by atoms with Crippen molar-refractivity contribution in [3.8, 4) is 0 Å². The van der Waals surface area contributed by atoms with Gasteiger partial charge < -0.3 is 27.8 Å². The summed E-state index contributed by atoms with van der Waals surface area (Å²) in [4.78, 5) is 33.4. The maximum atomic E-state index is 12.0. The van der Waals surface area contributed by atoms with Crippen LogP contribution in [0.4, 0.5) is 11.6 Å². The van der Waals surface area contributed by atoms with Gasteiger partial charge in [-0.1, -0.05) is 0 Å². The number of carboxylic acid groups (broad SMARTS) is 1. The number of nitrogen functional groups attached to an aromatic ring is 1. The molecule has 1 aromatic carbocycles. The predicted molar refractivity (Wildman–Crippen MR) is 109 cm³/mol. The van der Waals surface area contributed by atoms with E-state index in [1.165, 1.54) is 11.1 Å². The zero-order chi connectivity index (χ0) is 21.4. The molecule has 31 heavy (non-hydrogen) atoms. The molecule has 0 spiro atoms. The summed E-state index contributed by atoms with van der Waals surface area (Å²) in [5.74, 6) is 0.171. The van der Waals surface area contributed by atoms with Crippen LogP contribution < -0.4 is 32.2 Å². The molecule has 0 fully saturated rings. The van der Waals surface area contributed by atoms with Gasteiger partial charge in [0.15, 0.2) is 28.3 Å². The first kappa shape index (κ1) is 22.2. The smallest absolute Gasteiger partial charge is 0.335 e. The first-order valence-electron chi connectivity index (χ1n) is 9.45. The highest BCUT2D eigenvalue weighted by molar-refractivity contribution is 5.92. The van der Waals surface area contributed by atoms with Crippen LogP contribution in [-0.2, 0) is 24.4 Å². The second-order valence-corrected chi connectivity index (χ2v) is 6.68. The molecule has 0 atom stereocenters. The van der Waals surface area contributed by atoms with E-state index in [-0.39, 0.29) is 40.7 Å². The van der Waals surface area contributed by atoms with Gasteiger partial charge in [-0.25, -0.2) is 23.9 Å². The number of fused-ring (bicyclic) bond motifs is 2. The number of rotatable bonds is 7. The van der Waals surface area contributed by atoms with Crippen molar-refractivity contribution < 1.29 is 36.2 Å². The summed E-state index contributed by atoms with van der Waals surface area (Å²) in [6.45, 7) is 5.37. The molecule has 162 valence electrons. The Morgan fingerprint density at radius 1 is 1.35 bits per heavy atom. The van der Waals surface area contributed by atoms with E-state index in [1.807, 2.05) is 23.0 Å². The quantitative estimate of drug-likeness (QED) is 0.203. The van der Waals surface area contributed by atoms with E-state index in [0.717, 1.165) is 16.9 Å². The molecule has 3 heterocycles. The van der Waals surface area contributed by atoms with Gasteiger partial charge in [-0.15, -0.1) is 0 Å². The number of nitrogens with two attached hydrogens (primary N) is 1. The minimum absolute atomic E-state index is 0. The summed E-state index contributed by atoms with van der Waals surface area (Å²) in [5.41, 5.74) is 8.85. The summed E-state index contributed by atoms with van der Waals surface area (Å²) < 4.78 is 4.03. The van der Waals surface area contributed by atoms with Gasteiger partial charge in [-0.2, -0.15) is 5.10 Å². The molecule has 4 rings (SSSR count). The van der Waals surface area contributed by atoms with Crippen LogP contribution in [0.2, 0.25) is 0 Å². The highest BCUT2D eigenvalue weighted by Crippen LogP contribution is 2.24. The van der Waals surface area contributed by atoms with Crippen molar-refractivity contribution >= 4 is 46.2 Å². The number of hydrogen-bond acceptors (Lipinski definition) is 6. The highest BCUT2D eigenvalue weighted by Gasteiger charge is 2.27. The lowest BCUT2D eigenvalue weighted by atomic mass is 10.2. The Kier molecular flexibility index (Phi) is 6.20. The Morgan fingerprint density at radius 3 is 2.77 bits per heavy atom. The molecule has 0 aliphatic heterocycles. The SMILES string of the molecule is CCn1c(CN(C=O)c2nc3cn[nH]c3nc2N)[n+](CC)c2ccc(C(=O)O)cc21.[Br-]. The number of carbonyl (C=O) groups is 2. The number of imidazole rings is 1. The van der Waals surface area contributed by atoms with E-state index in [9.17, 15) is 14.7 Å². The molecule has 4 aromatic rings. The molecule has 0 unspecified atom stereocenters. The number of halogens is 1. The number of aromatic nitrogens is 6. The molecule has 0 bridgehead atoms. The van der Waals surface area contributed by atoms with E-state index in [4.69, 9.17) is 5.73 Å². The monoisotopic (exact) mass is 488 g/mol. The van der Waals surface area contributed by atoms with Crippen LogP contribution in [0, 0.1) is 0 Å². The second kappa shape index (κ2) is 8.68. The maximum absolute atomic E-state index is 12.0. The van der Waals surface area contributed by atoms with Crippen LogP contribution in [0.15, 0.2) is 24.4 Å². The van der Waals surface area contributed by atoms with Crippen molar-refractivity contribution in [2.45, 2.75) is 33.5 Å². The molecular formula is C19H21BrN8O3. The van der Waals surface area contributed by atoms with Crippen molar-refractivity contribution in [2.75, 3.05) is 10.6 Å². The minimum atomic E-state index is -0.990. The van der Waals surface area contributed by atoms with Gasteiger partial charge in [0.25, 0.3) is 5.82 Å². The van der Waals surface area contributed by atoms with Crippen LogP contribution in [-0.4, -0.2) is 42.2 Å². The van der Waals surface area contributed by atoms with Crippen molar-refractivity contribution in [1.29, 1.82) is 0 Å². The fourth-order valence-corrected chi connectivity index (χ4v) is 3.71. The molecule has 0 saturated carbocycles. The number of nitrogens with zero attached hydrogens (tertiary/aromatic N) is 6. The van der Waals surface area contributed by atoms with Crippen LogP contribution in [0.3, 0.4) is 0 Å². The first-order valence-corrected chi connectivity index (χ1v) is 9.45. The summed E-state index contributed by atoms with van der Waals surface area (Å²) in [5, 5.41) is 16.0. The largest absolute Gasteiger partial charge is 1.00 e. The predicted octanol–water partition coefficient (Wildman–Crippen LogP) is -1.92. The number of carbonyl (C=O) groups excluding carboxylic acids is 1. The average Bonchev–Trinajstić information content (AvgIpc) is 3.31. The van der Waals surface area contributed by atoms with Gasteiger partial charge in [0.1, 0.15) is 12.1 Å². The molecule has 0 aliphatic rings. The van der Waals surface area contributed by atoms with Crippen LogP contribution in [0.25, 0.3) is 22.2 Å². The average molecular weight is 489 g/mol. The van der Waals surface area contributed by atoms with Crippen molar-refractivity contribution in [2.24, 2.45) is 0 Å². The Balaban J connectivity index is 0.00000272. The van der Waals surface area contributed by atoms with E-state index in [0.29, 0.717) is 30.7 Å². The molecule has 3 aromatic heterocycles. The molecule has 0 radical (unpaired) electrons. The van der Waals surface area contributed by atoms with E-state index >= 15 is 0 Å². The number of benzene rings is 1. The normalized spacial score (nSPS) is 10.9. The summed E-state index contributed by atoms with van der Waals surface area (Å²) in [7, 11) is 0. The number of carboxylic acids is 1. The maximum Gasteiger partial charge on any atom is 0.335 e. The van der Waals surface area contributed by atoms with Crippen LogP contribution in [0.5, 0.6) is 0 Å². The van der Waals surface area contributed by atoms with Crippen molar-refractivity contribution in [3.05, 3.63) is 35.8 Å². The summed E-state index contributed by atoms with van der Waals surface area (Å²) in [6.07, 6.45) is 2.17. The number of hydrogen-bond donors (Lipinski definition) is 3. The van der Waals surface area contributed by atoms with E-state index in [1.54, 1.807) is 18.2 Å². The Hall–Kier alpha value is -3.54. The van der Waals surface area contributed by atoms with Gasteiger partial charge in [-0.3, -0.25) is 14.8 Å². The minimum Gasteiger partial charge on any atom is -1.00 e. The third-order valence-corrected chi connectivity index (χ3v) is 5.06. The fraction of sp³-hybridized carbons (Fsp3) is 0.263. The molecule has 0 aliphatic carbocycles. The van der Waals surface area contributed by atoms with Gasteiger partial charge >= 0.3 is 5.97 Å². The van der Waals surface area contributed by atoms with Crippen LogP contribution in [0.1, 0.15) is 30.0 Å². The van der Waals surface area contributed by atoms with Crippen molar-refractivity contribution in [1.82, 2.24) is 24.7 Å². The van der Waals surface area contributed by atoms with E-state index < -0.39 is 5.97 Å². The number of aryl methyl sites for hydroxylation is 2. The van der Waals surface area contributed by atoms with E-state index in [2.05, 4.69) is 20.2 Å². The second-order valence-electron chi connectivity index (χ2n) is 6.68. The Labute approximate surface area is 187 Å². The third-order valence-electron chi connectivity index (χ3n) is 5.06. The molecule has 11 nitrogen and oxygen atoms in total. The topological polar surface area (TPSA) is 147 Å². The molecule has 4 N–H and O–H groups in total. The number of H-pyrrole nitrogens is 1. The Bertz CT molecular complexity index is 1280. The van der Waals surface area contributed by atoms with Crippen LogP contribution >= 0.6 is 0 Å². The number of anilines is 2. The van der Waals surface area contributed by atoms with Gasteiger partial charge in [0, 0.05) is 6.07 Å². The highest BCUT2D eigenvalue weighted by atomic mass is 79.9.